The average molecular weight is 231 g/mol. The second-order valence-corrected chi connectivity index (χ2v) is 5.64. The third-order valence-electron chi connectivity index (χ3n) is 4.02. The summed E-state index contributed by atoms with van der Waals surface area (Å²) in [6.45, 7) is 4.32. The van der Waals surface area contributed by atoms with Crippen molar-refractivity contribution < 1.29 is 4.74 Å². The van der Waals surface area contributed by atoms with Crippen LogP contribution in [-0.2, 0) is 5.54 Å². The van der Waals surface area contributed by atoms with Crippen molar-refractivity contribution in [1.29, 1.82) is 0 Å². The van der Waals surface area contributed by atoms with Crippen LogP contribution in [0.3, 0.4) is 0 Å². The molecular weight excluding hydrogens is 210 g/mol. The van der Waals surface area contributed by atoms with E-state index in [9.17, 15) is 0 Å². The Morgan fingerprint density at radius 1 is 1.41 bits per heavy atom. The first kappa shape index (κ1) is 11.1. The van der Waals surface area contributed by atoms with Gasteiger partial charge in [0, 0.05) is 5.54 Å². The molecule has 2 aliphatic rings. The van der Waals surface area contributed by atoms with Gasteiger partial charge in [-0.25, -0.2) is 0 Å². The maximum atomic E-state index is 5.85. The Labute approximate surface area is 103 Å². The van der Waals surface area contributed by atoms with Crippen LogP contribution in [0.4, 0.5) is 0 Å². The van der Waals surface area contributed by atoms with Crippen LogP contribution in [0, 0.1) is 5.92 Å². The van der Waals surface area contributed by atoms with Crippen LogP contribution in [0.1, 0.15) is 38.2 Å². The van der Waals surface area contributed by atoms with Crippen LogP contribution in [0.5, 0.6) is 5.75 Å². The molecule has 1 unspecified atom stereocenters. The topological polar surface area (TPSA) is 21.3 Å². The molecule has 0 radical (unpaired) electrons. The monoisotopic (exact) mass is 231 g/mol. The minimum atomic E-state index is 0.152. The quantitative estimate of drug-likeness (QED) is 0.860. The average Bonchev–Trinajstić information content (AvgIpc) is 3.08. The molecule has 92 valence electrons. The Kier molecular flexibility index (Phi) is 2.83. The smallest absolute Gasteiger partial charge is 0.119 e. The van der Waals surface area contributed by atoms with Crippen molar-refractivity contribution in [2.45, 2.75) is 38.1 Å². The van der Waals surface area contributed by atoms with Gasteiger partial charge in [0.25, 0.3) is 0 Å². The van der Waals surface area contributed by atoms with Crippen LogP contribution < -0.4 is 10.1 Å². The Hall–Kier alpha value is -1.02. The van der Waals surface area contributed by atoms with E-state index in [1.165, 1.54) is 31.2 Å². The number of nitrogens with one attached hydrogen (secondary N) is 1. The maximum Gasteiger partial charge on any atom is 0.119 e. The van der Waals surface area contributed by atoms with Gasteiger partial charge < -0.3 is 10.1 Å². The highest BCUT2D eigenvalue weighted by atomic mass is 16.5. The summed E-state index contributed by atoms with van der Waals surface area (Å²) in [6.07, 6.45) is 5.18. The summed E-state index contributed by atoms with van der Waals surface area (Å²) >= 11 is 0. The van der Waals surface area contributed by atoms with E-state index in [0.29, 0.717) is 0 Å². The van der Waals surface area contributed by atoms with Crippen molar-refractivity contribution >= 4 is 0 Å². The van der Waals surface area contributed by atoms with Crippen molar-refractivity contribution in [1.82, 2.24) is 5.32 Å². The molecule has 0 bridgehead atoms. The molecule has 1 heterocycles. The summed E-state index contributed by atoms with van der Waals surface area (Å²) < 4.78 is 5.85. The highest BCUT2D eigenvalue weighted by molar-refractivity contribution is 5.33. The third kappa shape index (κ3) is 2.47. The minimum absolute atomic E-state index is 0.152. The fourth-order valence-electron chi connectivity index (χ4n) is 2.57. The van der Waals surface area contributed by atoms with Gasteiger partial charge >= 0.3 is 0 Å². The first-order valence-corrected chi connectivity index (χ1v) is 6.75. The zero-order chi connectivity index (χ0) is 11.7. The highest BCUT2D eigenvalue weighted by Crippen LogP contribution is 2.33. The molecule has 0 amide bonds. The fraction of sp³-hybridized carbons (Fsp3) is 0.600. The second-order valence-electron chi connectivity index (χ2n) is 5.64. The van der Waals surface area contributed by atoms with Gasteiger partial charge in [-0.05, 0) is 62.8 Å². The maximum absolute atomic E-state index is 5.85. The summed E-state index contributed by atoms with van der Waals surface area (Å²) in [6, 6.07) is 8.61. The largest absolute Gasteiger partial charge is 0.493 e. The first-order valence-electron chi connectivity index (χ1n) is 6.75. The van der Waals surface area contributed by atoms with E-state index < -0.39 is 0 Å². The molecule has 1 N–H and O–H groups in total. The molecule has 1 atom stereocenters. The second kappa shape index (κ2) is 4.34. The number of ether oxygens (including phenoxy) is 1. The van der Waals surface area contributed by atoms with Crippen LogP contribution in [0.15, 0.2) is 24.3 Å². The molecule has 1 aromatic rings. The van der Waals surface area contributed by atoms with E-state index in [1.54, 1.807) is 0 Å². The van der Waals surface area contributed by atoms with Crippen molar-refractivity contribution in [3.63, 3.8) is 0 Å². The van der Waals surface area contributed by atoms with Crippen LogP contribution >= 0.6 is 0 Å². The zero-order valence-electron chi connectivity index (χ0n) is 10.5. The first-order chi connectivity index (χ1) is 8.26. The molecular formula is C15H21NO. The van der Waals surface area contributed by atoms with Crippen molar-refractivity contribution in [2.24, 2.45) is 5.92 Å². The molecule has 1 aromatic carbocycles. The van der Waals surface area contributed by atoms with E-state index in [1.807, 2.05) is 0 Å². The number of hydrogen-bond acceptors (Lipinski definition) is 2. The van der Waals surface area contributed by atoms with Crippen LogP contribution in [0.25, 0.3) is 0 Å². The van der Waals surface area contributed by atoms with Gasteiger partial charge in [-0.1, -0.05) is 12.1 Å². The van der Waals surface area contributed by atoms with Gasteiger partial charge in [0.05, 0.1) is 6.61 Å². The number of hydrogen-bond donors (Lipinski definition) is 1. The summed E-state index contributed by atoms with van der Waals surface area (Å²) in [5.74, 6) is 1.85. The summed E-state index contributed by atoms with van der Waals surface area (Å²) in [5.41, 5.74) is 1.52. The molecule has 1 aliphatic carbocycles. The van der Waals surface area contributed by atoms with Crippen LogP contribution in [0.2, 0.25) is 0 Å². The zero-order valence-corrected chi connectivity index (χ0v) is 10.5. The summed E-state index contributed by atoms with van der Waals surface area (Å²) in [5, 5.41) is 3.60. The molecule has 2 heteroatoms. The summed E-state index contributed by atoms with van der Waals surface area (Å²) in [7, 11) is 0. The molecule has 2 fully saturated rings. The lowest BCUT2D eigenvalue weighted by Crippen LogP contribution is -2.33. The van der Waals surface area contributed by atoms with Crippen molar-refractivity contribution in [2.75, 3.05) is 13.2 Å². The molecule has 1 aliphatic heterocycles. The predicted molar refractivity (Wildman–Crippen MR) is 69.2 cm³/mol. The molecule has 1 saturated carbocycles. The molecule has 0 spiro atoms. The Bertz CT molecular complexity index is 392. The lowest BCUT2D eigenvalue weighted by molar-refractivity contribution is 0.298. The van der Waals surface area contributed by atoms with E-state index in [-0.39, 0.29) is 5.54 Å². The number of benzene rings is 1. The summed E-state index contributed by atoms with van der Waals surface area (Å²) in [4.78, 5) is 0. The standard InChI is InChI=1S/C15H21NO/c1-15(8-3-9-16-15)13-4-2-5-14(10-13)17-11-12-6-7-12/h2,4-5,10,12,16H,3,6-9,11H2,1H3. The highest BCUT2D eigenvalue weighted by Gasteiger charge is 2.30. The fourth-order valence-corrected chi connectivity index (χ4v) is 2.57. The van der Waals surface area contributed by atoms with E-state index in [4.69, 9.17) is 4.74 Å². The number of rotatable bonds is 4. The lowest BCUT2D eigenvalue weighted by atomic mass is 9.90. The van der Waals surface area contributed by atoms with Gasteiger partial charge in [0.2, 0.25) is 0 Å². The molecule has 2 nitrogen and oxygen atoms in total. The van der Waals surface area contributed by atoms with E-state index >= 15 is 0 Å². The van der Waals surface area contributed by atoms with Gasteiger partial charge in [-0.3, -0.25) is 0 Å². The predicted octanol–water partition coefficient (Wildman–Crippen LogP) is 3.07. The van der Waals surface area contributed by atoms with E-state index in [2.05, 4.69) is 36.5 Å². The van der Waals surface area contributed by atoms with Gasteiger partial charge in [-0.15, -0.1) is 0 Å². The third-order valence-corrected chi connectivity index (χ3v) is 4.02. The normalized spacial score (nSPS) is 28.3. The molecule has 3 rings (SSSR count). The van der Waals surface area contributed by atoms with Gasteiger partial charge in [0.1, 0.15) is 5.75 Å². The van der Waals surface area contributed by atoms with Gasteiger partial charge in [-0.2, -0.15) is 0 Å². The molecule has 17 heavy (non-hydrogen) atoms. The van der Waals surface area contributed by atoms with E-state index in [0.717, 1.165) is 24.8 Å². The Morgan fingerprint density at radius 3 is 3.00 bits per heavy atom. The van der Waals surface area contributed by atoms with Crippen molar-refractivity contribution in [3.05, 3.63) is 29.8 Å². The van der Waals surface area contributed by atoms with Crippen LogP contribution in [-0.4, -0.2) is 13.2 Å². The van der Waals surface area contributed by atoms with Crippen molar-refractivity contribution in [3.8, 4) is 5.75 Å². The Balaban J connectivity index is 1.73. The molecule has 1 saturated heterocycles. The minimum Gasteiger partial charge on any atom is -0.493 e. The lowest BCUT2D eigenvalue weighted by Gasteiger charge is -2.25. The Morgan fingerprint density at radius 2 is 2.29 bits per heavy atom. The molecule has 0 aromatic heterocycles. The van der Waals surface area contributed by atoms with Gasteiger partial charge in [0.15, 0.2) is 0 Å². The SMILES string of the molecule is CC1(c2cccc(OCC3CC3)c2)CCCN1.